The van der Waals surface area contributed by atoms with Crippen LogP contribution in [-0.2, 0) is 16.6 Å². The maximum atomic E-state index is 12.4. The Kier molecular flexibility index (Phi) is 5.15. The van der Waals surface area contributed by atoms with Gasteiger partial charge in [-0.15, -0.1) is 0 Å². The molecule has 0 atom stereocenters. The summed E-state index contributed by atoms with van der Waals surface area (Å²) in [5.41, 5.74) is 2.03. The normalized spacial score (nSPS) is 11.3. The number of para-hydroxylation sites is 1. The third-order valence-corrected chi connectivity index (χ3v) is 5.19. The summed E-state index contributed by atoms with van der Waals surface area (Å²) >= 11 is 0. The molecule has 26 heavy (non-hydrogen) atoms. The van der Waals surface area contributed by atoms with Gasteiger partial charge in [-0.05, 0) is 36.4 Å². The predicted molar refractivity (Wildman–Crippen MR) is 97.4 cm³/mol. The Morgan fingerprint density at radius 3 is 2.42 bits per heavy atom. The summed E-state index contributed by atoms with van der Waals surface area (Å²) in [4.78, 5) is 11.6. The number of carbonyl (C=O) groups excluding carboxylic acids is 1. The van der Waals surface area contributed by atoms with Crippen molar-refractivity contribution < 1.29 is 13.2 Å². The van der Waals surface area contributed by atoms with Gasteiger partial charge in [-0.3, -0.25) is 4.79 Å². The fourth-order valence-corrected chi connectivity index (χ4v) is 3.38. The molecule has 0 aliphatic rings. The van der Waals surface area contributed by atoms with Gasteiger partial charge in [0, 0.05) is 30.9 Å². The van der Waals surface area contributed by atoms with E-state index in [0.717, 1.165) is 11.3 Å². The molecule has 0 fully saturated rings. The molecule has 8 heteroatoms. The van der Waals surface area contributed by atoms with E-state index in [4.69, 9.17) is 0 Å². The average Bonchev–Trinajstić information content (AvgIpc) is 3.16. The Bertz CT molecular complexity index is 996. The lowest BCUT2D eigenvalue weighted by atomic mass is 10.2. The smallest absolute Gasteiger partial charge is 0.251 e. The summed E-state index contributed by atoms with van der Waals surface area (Å²) in [6.45, 7) is 0.117. The second-order valence-electron chi connectivity index (χ2n) is 5.56. The van der Waals surface area contributed by atoms with E-state index in [1.54, 1.807) is 17.1 Å². The molecular weight excluding hydrogens is 352 g/mol. The lowest BCUT2D eigenvalue weighted by Crippen LogP contribution is -2.23. The lowest BCUT2D eigenvalue weighted by Gasteiger charge is -2.06. The van der Waals surface area contributed by atoms with E-state index in [2.05, 4.69) is 15.1 Å². The van der Waals surface area contributed by atoms with Crippen LogP contribution >= 0.6 is 0 Å². The van der Waals surface area contributed by atoms with Gasteiger partial charge in [-0.2, -0.15) is 5.10 Å². The number of nitrogens with zero attached hydrogens (tertiary/aromatic N) is 2. The number of aromatic nitrogens is 2. The molecule has 3 aromatic rings. The highest BCUT2D eigenvalue weighted by Crippen LogP contribution is 2.12. The molecule has 1 aromatic heterocycles. The second kappa shape index (κ2) is 7.51. The third-order valence-electron chi connectivity index (χ3n) is 3.78. The topological polar surface area (TPSA) is 93.1 Å². The van der Waals surface area contributed by atoms with Crippen LogP contribution in [0.5, 0.6) is 0 Å². The summed E-state index contributed by atoms with van der Waals surface area (Å²) in [6.07, 6.45) is 3.39. The van der Waals surface area contributed by atoms with Crippen LogP contribution in [0.15, 0.2) is 71.9 Å². The molecule has 7 nitrogen and oxygen atoms in total. The summed E-state index contributed by atoms with van der Waals surface area (Å²) in [7, 11) is -2.16. The molecule has 0 saturated heterocycles. The maximum Gasteiger partial charge on any atom is 0.251 e. The number of rotatable bonds is 6. The Morgan fingerprint density at radius 1 is 1.08 bits per heavy atom. The minimum atomic E-state index is -3.68. The van der Waals surface area contributed by atoms with Crippen molar-refractivity contribution in [2.24, 2.45) is 0 Å². The molecule has 0 saturated carbocycles. The van der Waals surface area contributed by atoms with Crippen LogP contribution in [0.1, 0.15) is 15.9 Å². The van der Waals surface area contributed by atoms with Crippen molar-refractivity contribution >= 4 is 15.9 Å². The molecule has 2 N–H and O–H groups in total. The van der Waals surface area contributed by atoms with Crippen molar-refractivity contribution in [1.29, 1.82) is 0 Å². The monoisotopic (exact) mass is 370 g/mol. The summed E-state index contributed by atoms with van der Waals surface area (Å²) in [5.74, 6) is -0.268. The minimum absolute atomic E-state index is 0.0978. The van der Waals surface area contributed by atoms with Crippen LogP contribution in [0.3, 0.4) is 0 Å². The van der Waals surface area contributed by atoms with E-state index >= 15 is 0 Å². The maximum absolute atomic E-state index is 12.4. The van der Waals surface area contributed by atoms with E-state index in [0.29, 0.717) is 5.56 Å². The number of sulfonamides is 1. The first-order valence-corrected chi connectivity index (χ1v) is 9.39. The number of benzene rings is 2. The molecule has 0 spiro atoms. The SMILES string of the molecule is CNC(=O)c1ccc(S(=O)(=O)NCc2cnn(-c3ccccc3)c2)cc1. The molecule has 0 bridgehead atoms. The van der Waals surface area contributed by atoms with E-state index < -0.39 is 10.0 Å². The van der Waals surface area contributed by atoms with Gasteiger partial charge in [0.05, 0.1) is 16.8 Å². The van der Waals surface area contributed by atoms with Crippen molar-refractivity contribution in [3.8, 4) is 5.69 Å². The molecule has 0 aliphatic heterocycles. The van der Waals surface area contributed by atoms with Gasteiger partial charge < -0.3 is 5.32 Å². The quantitative estimate of drug-likeness (QED) is 0.691. The molecule has 1 amide bonds. The van der Waals surface area contributed by atoms with Gasteiger partial charge in [0.15, 0.2) is 0 Å². The van der Waals surface area contributed by atoms with Crippen LogP contribution in [0.4, 0.5) is 0 Å². The highest BCUT2D eigenvalue weighted by atomic mass is 32.2. The van der Waals surface area contributed by atoms with Gasteiger partial charge in [0.2, 0.25) is 10.0 Å². The Hall–Kier alpha value is -2.97. The van der Waals surface area contributed by atoms with Gasteiger partial charge in [-0.25, -0.2) is 17.8 Å². The number of carbonyl (C=O) groups is 1. The van der Waals surface area contributed by atoms with Gasteiger partial charge in [-0.1, -0.05) is 18.2 Å². The zero-order chi connectivity index (χ0) is 18.6. The van der Waals surface area contributed by atoms with Crippen LogP contribution in [0.25, 0.3) is 5.69 Å². The molecule has 1 heterocycles. The standard InChI is InChI=1S/C18H18N4O3S/c1-19-18(23)15-7-9-17(10-8-15)26(24,25)21-12-14-11-20-22(13-14)16-5-3-2-4-6-16/h2-11,13,21H,12H2,1H3,(H,19,23). The molecule has 3 rings (SSSR count). The fourth-order valence-electron chi connectivity index (χ4n) is 2.36. The largest absolute Gasteiger partial charge is 0.355 e. The van der Waals surface area contributed by atoms with Gasteiger partial charge >= 0.3 is 0 Å². The summed E-state index contributed by atoms with van der Waals surface area (Å²) < 4.78 is 29.0. The molecule has 0 radical (unpaired) electrons. The van der Waals surface area contributed by atoms with E-state index in [1.807, 2.05) is 30.3 Å². The third kappa shape index (κ3) is 3.98. The van der Waals surface area contributed by atoms with Gasteiger partial charge in [0.1, 0.15) is 0 Å². The van der Waals surface area contributed by atoms with E-state index in [-0.39, 0.29) is 17.3 Å². The van der Waals surface area contributed by atoms with Crippen molar-refractivity contribution in [2.45, 2.75) is 11.4 Å². The Balaban J connectivity index is 1.69. The zero-order valence-electron chi connectivity index (χ0n) is 14.1. The molecular formula is C18H18N4O3S. The highest BCUT2D eigenvalue weighted by Gasteiger charge is 2.15. The fraction of sp³-hybridized carbons (Fsp3) is 0.111. The highest BCUT2D eigenvalue weighted by molar-refractivity contribution is 7.89. The van der Waals surface area contributed by atoms with Crippen molar-refractivity contribution in [2.75, 3.05) is 7.05 Å². The van der Waals surface area contributed by atoms with Crippen molar-refractivity contribution in [1.82, 2.24) is 19.8 Å². The Labute approximate surface area is 151 Å². The number of nitrogens with one attached hydrogen (secondary N) is 2. The van der Waals surface area contributed by atoms with Crippen LogP contribution < -0.4 is 10.0 Å². The number of hydrogen-bond donors (Lipinski definition) is 2. The van der Waals surface area contributed by atoms with E-state index in [1.165, 1.54) is 31.3 Å². The summed E-state index contributed by atoms with van der Waals surface area (Å²) in [6, 6.07) is 15.3. The minimum Gasteiger partial charge on any atom is -0.355 e. The zero-order valence-corrected chi connectivity index (χ0v) is 14.9. The van der Waals surface area contributed by atoms with Crippen LogP contribution in [0, 0.1) is 0 Å². The van der Waals surface area contributed by atoms with Gasteiger partial charge in [0.25, 0.3) is 5.91 Å². The van der Waals surface area contributed by atoms with E-state index in [9.17, 15) is 13.2 Å². The first-order valence-electron chi connectivity index (χ1n) is 7.90. The van der Waals surface area contributed by atoms with Crippen LogP contribution in [0.2, 0.25) is 0 Å². The lowest BCUT2D eigenvalue weighted by molar-refractivity contribution is 0.0963. The van der Waals surface area contributed by atoms with Crippen molar-refractivity contribution in [3.05, 3.63) is 78.1 Å². The average molecular weight is 370 g/mol. The van der Waals surface area contributed by atoms with Crippen molar-refractivity contribution in [3.63, 3.8) is 0 Å². The molecule has 0 aliphatic carbocycles. The molecule has 134 valence electrons. The first kappa shape index (κ1) is 17.8. The van der Waals surface area contributed by atoms with Crippen LogP contribution in [-0.4, -0.2) is 31.2 Å². The summed E-state index contributed by atoms with van der Waals surface area (Å²) in [5, 5.41) is 6.73. The number of hydrogen-bond acceptors (Lipinski definition) is 4. The molecule has 0 unspecified atom stereocenters. The number of amides is 1. The second-order valence-corrected chi connectivity index (χ2v) is 7.32. The first-order chi connectivity index (χ1) is 12.5. The Morgan fingerprint density at radius 2 is 1.77 bits per heavy atom. The predicted octanol–water partition coefficient (Wildman–Crippen LogP) is 1.71. The molecule has 2 aromatic carbocycles.